The van der Waals surface area contributed by atoms with E-state index < -0.39 is 15.8 Å². The van der Waals surface area contributed by atoms with Gasteiger partial charge in [0.2, 0.25) is 10.0 Å². The normalized spacial score (nSPS) is 33.3. The van der Waals surface area contributed by atoms with E-state index in [-0.39, 0.29) is 10.9 Å². The summed E-state index contributed by atoms with van der Waals surface area (Å²) in [7, 11) is -1.34. The number of sulfonamides is 1. The number of quaternary nitrogens is 1. The second-order valence-corrected chi connectivity index (χ2v) is 7.67. The molecule has 1 aromatic carbocycles. The van der Waals surface area contributed by atoms with Gasteiger partial charge in [-0.1, -0.05) is 0 Å². The van der Waals surface area contributed by atoms with Crippen molar-refractivity contribution in [2.75, 3.05) is 7.05 Å². The van der Waals surface area contributed by atoms with Crippen LogP contribution in [0.2, 0.25) is 0 Å². The average molecular weight is 299 g/mol. The number of benzene rings is 1. The molecule has 3 rings (SSSR count). The molecule has 6 heteroatoms. The minimum Gasteiger partial charge on any atom is -0.332 e. The Morgan fingerprint density at radius 3 is 2.25 bits per heavy atom. The number of fused-ring (bicyclic) bond motifs is 2. The summed E-state index contributed by atoms with van der Waals surface area (Å²) in [6, 6.07) is 6.11. The highest BCUT2D eigenvalue weighted by Crippen LogP contribution is 2.23. The van der Waals surface area contributed by atoms with Crippen LogP contribution in [0.5, 0.6) is 0 Å². The van der Waals surface area contributed by atoms with Crippen molar-refractivity contribution in [3.05, 3.63) is 30.1 Å². The van der Waals surface area contributed by atoms with Crippen molar-refractivity contribution in [3.8, 4) is 0 Å². The summed E-state index contributed by atoms with van der Waals surface area (Å²) in [4.78, 5) is 1.68. The van der Waals surface area contributed by atoms with Crippen LogP contribution in [0.25, 0.3) is 0 Å². The Labute approximate surface area is 119 Å². The lowest BCUT2D eigenvalue weighted by Crippen LogP contribution is -3.15. The molecule has 0 aromatic heterocycles. The van der Waals surface area contributed by atoms with Crippen LogP contribution in [0.4, 0.5) is 4.39 Å². The van der Waals surface area contributed by atoms with Crippen molar-refractivity contribution in [2.24, 2.45) is 0 Å². The number of rotatable bonds is 3. The van der Waals surface area contributed by atoms with Crippen LogP contribution < -0.4 is 9.62 Å². The lowest BCUT2D eigenvalue weighted by atomic mass is 9.99. The summed E-state index contributed by atoms with van der Waals surface area (Å²) < 4.78 is 40.2. The zero-order valence-corrected chi connectivity index (χ0v) is 12.3. The van der Waals surface area contributed by atoms with Crippen LogP contribution in [0.1, 0.15) is 25.7 Å². The quantitative estimate of drug-likeness (QED) is 0.844. The molecular formula is C14H20FN2O2S+. The molecule has 0 amide bonds. The molecule has 2 saturated heterocycles. The van der Waals surface area contributed by atoms with E-state index in [1.165, 1.54) is 37.1 Å². The van der Waals surface area contributed by atoms with Crippen molar-refractivity contribution in [3.63, 3.8) is 0 Å². The predicted octanol–water partition coefficient (Wildman–Crippen LogP) is 0.312. The van der Waals surface area contributed by atoms with Gasteiger partial charge in [0.05, 0.1) is 24.0 Å². The number of hydrogen-bond acceptors (Lipinski definition) is 2. The SMILES string of the molecule is C[NH+]1[C@@H]2CC[C@H]1CC(NS(=O)(=O)c1ccc(F)cc1)C2. The van der Waals surface area contributed by atoms with E-state index in [0.29, 0.717) is 12.1 Å². The van der Waals surface area contributed by atoms with Gasteiger partial charge in [0.15, 0.2) is 0 Å². The first-order chi connectivity index (χ1) is 9.45. The third-order valence-corrected chi connectivity index (χ3v) is 6.27. The van der Waals surface area contributed by atoms with Crippen LogP contribution in [0.15, 0.2) is 29.2 Å². The highest BCUT2D eigenvalue weighted by molar-refractivity contribution is 7.89. The van der Waals surface area contributed by atoms with Gasteiger partial charge < -0.3 is 4.90 Å². The van der Waals surface area contributed by atoms with Crippen molar-refractivity contribution in [2.45, 2.75) is 48.7 Å². The molecule has 2 aliphatic heterocycles. The Morgan fingerprint density at radius 1 is 1.15 bits per heavy atom. The fourth-order valence-corrected chi connectivity index (χ4v) is 4.84. The zero-order chi connectivity index (χ0) is 14.3. The number of nitrogens with one attached hydrogen (secondary N) is 2. The molecule has 2 N–H and O–H groups in total. The molecule has 4 nitrogen and oxygen atoms in total. The van der Waals surface area contributed by atoms with E-state index in [1.54, 1.807) is 4.90 Å². The topological polar surface area (TPSA) is 50.6 Å². The van der Waals surface area contributed by atoms with Gasteiger partial charge in [0.25, 0.3) is 0 Å². The summed E-state index contributed by atoms with van der Waals surface area (Å²) in [5.41, 5.74) is 0. The van der Waals surface area contributed by atoms with Gasteiger partial charge in [-0.2, -0.15) is 0 Å². The van der Waals surface area contributed by atoms with E-state index in [1.807, 2.05) is 0 Å². The monoisotopic (exact) mass is 299 g/mol. The number of halogens is 1. The molecule has 2 bridgehead atoms. The minimum absolute atomic E-state index is 0.00579. The van der Waals surface area contributed by atoms with E-state index in [0.717, 1.165) is 12.8 Å². The maximum absolute atomic E-state index is 12.9. The molecule has 1 aromatic rings. The first-order valence-corrected chi connectivity index (χ1v) is 8.55. The lowest BCUT2D eigenvalue weighted by molar-refractivity contribution is -0.922. The van der Waals surface area contributed by atoms with Crippen LogP contribution in [0.3, 0.4) is 0 Å². The molecule has 0 saturated carbocycles. The molecule has 20 heavy (non-hydrogen) atoms. The molecule has 2 fully saturated rings. The molecule has 2 aliphatic rings. The molecule has 0 aliphatic carbocycles. The van der Waals surface area contributed by atoms with E-state index in [4.69, 9.17) is 0 Å². The third kappa shape index (κ3) is 2.60. The van der Waals surface area contributed by atoms with Gasteiger partial charge in [-0.25, -0.2) is 17.5 Å². The highest BCUT2D eigenvalue weighted by atomic mass is 32.2. The van der Waals surface area contributed by atoms with Crippen LogP contribution in [-0.4, -0.2) is 33.6 Å². The Hall–Kier alpha value is -0.980. The van der Waals surface area contributed by atoms with Gasteiger partial charge in [0.1, 0.15) is 5.82 Å². The smallest absolute Gasteiger partial charge is 0.240 e. The van der Waals surface area contributed by atoms with Crippen LogP contribution in [0, 0.1) is 5.82 Å². The van der Waals surface area contributed by atoms with Crippen LogP contribution >= 0.6 is 0 Å². The average Bonchev–Trinajstić information content (AvgIpc) is 2.62. The highest BCUT2D eigenvalue weighted by Gasteiger charge is 2.43. The van der Waals surface area contributed by atoms with Gasteiger partial charge in [0, 0.05) is 31.7 Å². The molecule has 2 heterocycles. The Bertz CT molecular complexity index is 574. The van der Waals surface area contributed by atoms with Crippen molar-refractivity contribution in [1.82, 2.24) is 4.72 Å². The summed E-state index contributed by atoms with van der Waals surface area (Å²) in [5.74, 6) is -0.426. The fourth-order valence-electron chi connectivity index (χ4n) is 3.58. The van der Waals surface area contributed by atoms with Gasteiger partial charge in [-0.3, -0.25) is 0 Å². The van der Waals surface area contributed by atoms with Gasteiger partial charge in [-0.15, -0.1) is 0 Å². The second-order valence-electron chi connectivity index (χ2n) is 5.96. The number of piperidine rings is 1. The number of hydrogen-bond donors (Lipinski definition) is 2. The largest absolute Gasteiger partial charge is 0.332 e. The lowest BCUT2D eigenvalue weighted by Gasteiger charge is -2.33. The standard InChI is InChI=1S/C14H19FN2O2S/c1-17-12-4-5-13(17)9-11(8-12)16-20(18,19)14-6-2-10(15)3-7-14/h2-3,6-7,11-13,16H,4-5,8-9H2,1H3/p+1/t11?,12-,13+. The Morgan fingerprint density at radius 2 is 1.70 bits per heavy atom. The van der Waals surface area contributed by atoms with Gasteiger partial charge >= 0.3 is 0 Å². The molecule has 2 unspecified atom stereocenters. The first-order valence-electron chi connectivity index (χ1n) is 7.07. The first kappa shape index (κ1) is 14.0. The minimum atomic E-state index is -3.54. The van der Waals surface area contributed by atoms with E-state index >= 15 is 0 Å². The molecule has 0 radical (unpaired) electrons. The van der Waals surface area contributed by atoms with Crippen molar-refractivity contribution < 1.29 is 17.7 Å². The Balaban J connectivity index is 1.73. The van der Waals surface area contributed by atoms with Crippen molar-refractivity contribution >= 4 is 10.0 Å². The molecule has 0 spiro atoms. The summed E-state index contributed by atoms with van der Waals surface area (Å²) >= 11 is 0. The van der Waals surface area contributed by atoms with E-state index in [2.05, 4.69) is 11.8 Å². The Kier molecular flexibility index (Phi) is 3.56. The maximum Gasteiger partial charge on any atom is 0.240 e. The summed E-state index contributed by atoms with van der Waals surface area (Å²) in [6.45, 7) is 0. The van der Waals surface area contributed by atoms with Gasteiger partial charge in [-0.05, 0) is 24.3 Å². The third-order valence-electron chi connectivity index (χ3n) is 4.74. The molecular weight excluding hydrogens is 279 g/mol. The predicted molar refractivity (Wildman–Crippen MR) is 73.4 cm³/mol. The fraction of sp³-hybridized carbons (Fsp3) is 0.571. The van der Waals surface area contributed by atoms with Crippen molar-refractivity contribution in [1.29, 1.82) is 0 Å². The zero-order valence-electron chi connectivity index (χ0n) is 11.5. The maximum atomic E-state index is 12.9. The van der Waals surface area contributed by atoms with E-state index in [9.17, 15) is 12.8 Å². The molecule has 110 valence electrons. The summed E-state index contributed by atoms with van der Waals surface area (Å²) in [6.07, 6.45) is 4.15. The second kappa shape index (κ2) is 5.09. The molecule has 4 atom stereocenters. The summed E-state index contributed by atoms with van der Waals surface area (Å²) in [5, 5.41) is 0. The van der Waals surface area contributed by atoms with Crippen LogP contribution in [-0.2, 0) is 10.0 Å².